The average Bonchev–Trinajstić information content (AvgIpc) is 2.54. The van der Waals surface area contributed by atoms with Gasteiger partial charge in [-0.3, -0.25) is 0 Å². The Balaban J connectivity index is 1.80. The Kier molecular flexibility index (Phi) is 5.98. The number of sulfonamides is 1. The molecule has 0 saturated carbocycles. The van der Waals surface area contributed by atoms with E-state index in [0.717, 1.165) is 23.3 Å². The maximum absolute atomic E-state index is 12.0. The molecular weight excluding hydrogens is 298 g/mol. The first-order valence-corrected chi connectivity index (χ1v) is 8.88. The van der Waals surface area contributed by atoms with Gasteiger partial charge in [0.25, 0.3) is 0 Å². The van der Waals surface area contributed by atoms with Crippen molar-refractivity contribution in [1.29, 1.82) is 0 Å². The molecule has 5 heteroatoms. The third kappa shape index (κ3) is 5.50. The summed E-state index contributed by atoms with van der Waals surface area (Å²) in [4.78, 5) is 0. The molecule has 2 rings (SSSR count). The average molecular weight is 319 g/mol. The molecule has 2 aromatic rings. The second-order valence-corrected chi connectivity index (χ2v) is 7.01. The molecule has 22 heavy (non-hydrogen) atoms. The van der Waals surface area contributed by atoms with E-state index in [1.807, 2.05) is 54.6 Å². The van der Waals surface area contributed by atoms with Crippen LogP contribution < -0.4 is 9.46 Å². The number of benzene rings is 2. The molecule has 0 aliphatic carbocycles. The van der Waals surface area contributed by atoms with Crippen LogP contribution in [0.25, 0.3) is 0 Å². The number of hydrogen-bond donors (Lipinski definition) is 1. The van der Waals surface area contributed by atoms with Crippen LogP contribution in [0.4, 0.5) is 0 Å². The summed E-state index contributed by atoms with van der Waals surface area (Å²) >= 11 is 0. The predicted molar refractivity (Wildman–Crippen MR) is 88.4 cm³/mol. The van der Waals surface area contributed by atoms with Crippen LogP contribution in [0.1, 0.15) is 17.5 Å². The molecule has 2 aromatic carbocycles. The number of nitrogens with one attached hydrogen (secondary N) is 1. The monoisotopic (exact) mass is 319 g/mol. The highest BCUT2D eigenvalue weighted by atomic mass is 32.2. The van der Waals surface area contributed by atoms with Gasteiger partial charge in [-0.2, -0.15) is 0 Å². The number of hydrogen-bond acceptors (Lipinski definition) is 3. The minimum Gasteiger partial charge on any atom is -0.497 e. The van der Waals surface area contributed by atoms with Crippen molar-refractivity contribution in [3.8, 4) is 5.75 Å². The van der Waals surface area contributed by atoms with E-state index in [-0.39, 0.29) is 12.3 Å². The number of rotatable bonds is 8. The van der Waals surface area contributed by atoms with Gasteiger partial charge in [-0.25, -0.2) is 13.1 Å². The number of aryl methyl sites for hydroxylation is 1. The summed E-state index contributed by atoms with van der Waals surface area (Å²) in [5.41, 5.74) is 2.04. The molecule has 0 unspecified atom stereocenters. The van der Waals surface area contributed by atoms with E-state index in [2.05, 4.69) is 4.72 Å². The summed E-state index contributed by atoms with van der Waals surface area (Å²) < 4.78 is 31.8. The van der Waals surface area contributed by atoms with Gasteiger partial charge in [0, 0.05) is 6.54 Å². The first kappa shape index (κ1) is 16.5. The van der Waals surface area contributed by atoms with Crippen LogP contribution in [0.3, 0.4) is 0 Å². The summed E-state index contributed by atoms with van der Waals surface area (Å²) in [6.07, 6.45) is 1.37. The fourth-order valence-electron chi connectivity index (χ4n) is 2.16. The van der Waals surface area contributed by atoms with Gasteiger partial charge in [0.2, 0.25) is 10.0 Å². The molecule has 0 aliphatic heterocycles. The van der Waals surface area contributed by atoms with Gasteiger partial charge in [0.15, 0.2) is 0 Å². The van der Waals surface area contributed by atoms with Crippen LogP contribution in [0.5, 0.6) is 5.75 Å². The molecule has 0 spiro atoms. The van der Waals surface area contributed by atoms with Gasteiger partial charge in [0.05, 0.1) is 12.9 Å². The smallest absolute Gasteiger partial charge is 0.211 e. The number of methoxy groups -OCH3 is 1. The summed E-state index contributed by atoms with van der Waals surface area (Å²) in [6.45, 7) is 0.283. The first-order valence-electron chi connectivity index (χ1n) is 7.23. The Hall–Kier alpha value is -1.85. The van der Waals surface area contributed by atoms with Crippen molar-refractivity contribution in [2.45, 2.75) is 19.4 Å². The molecule has 0 amide bonds. The maximum Gasteiger partial charge on any atom is 0.211 e. The van der Waals surface area contributed by atoms with Crippen molar-refractivity contribution >= 4 is 10.0 Å². The largest absolute Gasteiger partial charge is 0.497 e. The lowest BCUT2D eigenvalue weighted by Gasteiger charge is -2.08. The van der Waals surface area contributed by atoms with Crippen LogP contribution in [0.2, 0.25) is 0 Å². The lowest BCUT2D eigenvalue weighted by atomic mass is 10.1. The highest BCUT2D eigenvalue weighted by Crippen LogP contribution is 2.12. The van der Waals surface area contributed by atoms with Gasteiger partial charge in [-0.15, -0.1) is 0 Å². The van der Waals surface area contributed by atoms with Gasteiger partial charge in [0.1, 0.15) is 5.75 Å². The highest BCUT2D eigenvalue weighted by molar-refractivity contribution is 7.89. The third-order valence-electron chi connectivity index (χ3n) is 3.35. The second kappa shape index (κ2) is 7.96. The fourth-order valence-corrected chi connectivity index (χ4v) is 3.21. The standard InChI is InChI=1S/C17H21NO3S/c1-21-17-11-5-9-16(13-17)14-18-22(19,20)12-6-10-15-7-3-2-4-8-15/h2-5,7-9,11,13,18H,6,10,12,14H2,1H3. The van der Waals surface area contributed by atoms with E-state index in [4.69, 9.17) is 4.74 Å². The van der Waals surface area contributed by atoms with E-state index < -0.39 is 10.0 Å². The molecule has 0 heterocycles. The van der Waals surface area contributed by atoms with Gasteiger partial charge in [-0.05, 0) is 36.1 Å². The molecule has 0 atom stereocenters. The fraction of sp³-hybridized carbons (Fsp3) is 0.294. The van der Waals surface area contributed by atoms with E-state index in [9.17, 15) is 8.42 Å². The molecule has 0 bridgehead atoms. The van der Waals surface area contributed by atoms with Gasteiger partial charge < -0.3 is 4.74 Å². The molecule has 0 aromatic heterocycles. The normalized spacial score (nSPS) is 11.3. The minimum absolute atomic E-state index is 0.131. The number of ether oxygens (including phenoxy) is 1. The SMILES string of the molecule is COc1cccc(CNS(=O)(=O)CCCc2ccccc2)c1. The second-order valence-electron chi connectivity index (χ2n) is 5.08. The van der Waals surface area contributed by atoms with E-state index >= 15 is 0 Å². The Morgan fingerprint density at radius 1 is 1.00 bits per heavy atom. The molecule has 0 aliphatic rings. The van der Waals surface area contributed by atoms with Crippen LogP contribution in [-0.4, -0.2) is 21.3 Å². The Morgan fingerprint density at radius 3 is 2.45 bits per heavy atom. The van der Waals surface area contributed by atoms with Crippen molar-refractivity contribution in [3.05, 3.63) is 65.7 Å². The molecule has 0 radical (unpaired) electrons. The zero-order valence-corrected chi connectivity index (χ0v) is 13.5. The predicted octanol–water partition coefficient (Wildman–Crippen LogP) is 2.75. The van der Waals surface area contributed by atoms with Crippen LogP contribution in [0.15, 0.2) is 54.6 Å². The Bertz CT molecular complexity index is 684. The summed E-state index contributed by atoms with van der Waals surface area (Å²) in [5.74, 6) is 0.854. The van der Waals surface area contributed by atoms with E-state index in [0.29, 0.717) is 6.42 Å². The quantitative estimate of drug-likeness (QED) is 0.814. The molecule has 1 N–H and O–H groups in total. The van der Waals surface area contributed by atoms with Crippen molar-refractivity contribution in [1.82, 2.24) is 4.72 Å². The lowest BCUT2D eigenvalue weighted by molar-refractivity contribution is 0.414. The molecule has 0 fully saturated rings. The lowest BCUT2D eigenvalue weighted by Crippen LogP contribution is -2.26. The zero-order valence-electron chi connectivity index (χ0n) is 12.7. The third-order valence-corrected chi connectivity index (χ3v) is 4.76. The summed E-state index contributed by atoms with van der Waals surface area (Å²) in [5, 5.41) is 0. The zero-order chi connectivity index (χ0) is 15.8. The summed E-state index contributed by atoms with van der Waals surface area (Å²) in [6, 6.07) is 17.3. The van der Waals surface area contributed by atoms with Crippen LogP contribution in [0, 0.1) is 0 Å². The van der Waals surface area contributed by atoms with Gasteiger partial charge >= 0.3 is 0 Å². The topological polar surface area (TPSA) is 55.4 Å². The molecule has 4 nitrogen and oxygen atoms in total. The van der Waals surface area contributed by atoms with E-state index in [1.165, 1.54) is 0 Å². The van der Waals surface area contributed by atoms with Crippen molar-refractivity contribution in [2.75, 3.05) is 12.9 Å². The molecular formula is C17H21NO3S. The van der Waals surface area contributed by atoms with Gasteiger partial charge in [-0.1, -0.05) is 42.5 Å². The van der Waals surface area contributed by atoms with Crippen LogP contribution in [-0.2, 0) is 23.0 Å². The Labute approximate surface area is 132 Å². The minimum atomic E-state index is -3.26. The first-order chi connectivity index (χ1) is 10.6. The van der Waals surface area contributed by atoms with Crippen molar-refractivity contribution in [3.63, 3.8) is 0 Å². The van der Waals surface area contributed by atoms with Crippen molar-refractivity contribution in [2.24, 2.45) is 0 Å². The van der Waals surface area contributed by atoms with E-state index in [1.54, 1.807) is 7.11 Å². The van der Waals surface area contributed by atoms with Crippen LogP contribution >= 0.6 is 0 Å². The van der Waals surface area contributed by atoms with Crippen molar-refractivity contribution < 1.29 is 13.2 Å². The molecule has 118 valence electrons. The highest BCUT2D eigenvalue weighted by Gasteiger charge is 2.10. The maximum atomic E-state index is 12.0. The summed E-state index contributed by atoms with van der Waals surface area (Å²) in [7, 11) is -1.67. The molecule has 0 saturated heterocycles. The Morgan fingerprint density at radius 2 is 1.73 bits per heavy atom.